The van der Waals surface area contributed by atoms with Crippen LogP contribution >= 0.6 is 0 Å². The summed E-state index contributed by atoms with van der Waals surface area (Å²) < 4.78 is 38.5. The summed E-state index contributed by atoms with van der Waals surface area (Å²) in [6.45, 7) is 1.37. The van der Waals surface area contributed by atoms with E-state index in [-0.39, 0.29) is 17.5 Å². The molecule has 1 atom stereocenters. The molecule has 0 bridgehead atoms. The maximum absolute atomic E-state index is 12.8. The molecule has 112 valence electrons. The number of hydrogen-bond donors (Lipinski definition) is 2. The number of nitrogens with zero attached hydrogens (tertiary/aromatic N) is 1. The van der Waals surface area contributed by atoms with Gasteiger partial charge in [0.2, 0.25) is 5.91 Å². The van der Waals surface area contributed by atoms with Gasteiger partial charge in [-0.25, -0.2) is 0 Å². The van der Waals surface area contributed by atoms with Gasteiger partial charge in [-0.05, 0) is 37.6 Å². The zero-order valence-corrected chi connectivity index (χ0v) is 11.1. The number of amides is 1. The van der Waals surface area contributed by atoms with Gasteiger partial charge >= 0.3 is 6.18 Å². The van der Waals surface area contributed by atoms with Crippen molar-refractivity contribution in [2.45, 2.75) is 19.0 Å². The van der Waals surface area contributed by atoms with Gasteiger partial charge in [0, 0.05) is 12.2 Å². The molecular weight excluding hydrogens is 283 g/mol. The third kappa shape index (κ3) is 3.73. The quantitative estimate of drug-likeness (QED) is 0.881. The maximum Gasteiger partial charge on any atom is 0.417 e. The molecule has 0 radical (unpaired) electrons. The molecule has 0 saturated carbocycles. The molecule has 1 saturated heterocycles. The Labute approximate surface area is 119 Å². The van der Waals surface area contributed by atoms with E-state index in [4.69, 9.17) is 5.26 Å². The molecule has 0 aliphatic carbocycles. The highest BCUT2D eigenvalue weighted by Gasteiger charge is 2.34. The van der Waals surface area contributed by atoms with E-state index >= 15 is 0 Å². The van der Waals surface area contributed by atoms with E-state index in [1.807, 2.05) is 0 Å². The molecular formula is C14H14F3N3O. The van der Waals surface area contributed by atoms with Crippen molar-refractivity contribution < 1.29 is 18.0 Å². The summed E-state index contributed by atoms with van der Waals surface area (Å²) >= 11 is 0. The number of piperidine rings is 1. The predicted molar refractivity (Wildman–Crippen MR) is 70.4 cm³/mol. The summed E-state index contributed by atoms with van der Waals surface area (Å²) in [6.07, 6.45) is -3.06. The van der Waals surface area contributed by atoms with Crippen molar-refractivity contribution >= 4 is 11.6 Å². The van der Waals surface area contributed by atoms with E-state index in [2.05, 4.69) is 10.6 Å². The molecule has 1 fully saturated rings. The highest BCUT2D eigenvalue weighted by Crippen LogP contribution is 2.33. The monoisotopic (exact) mass is 297 g/mol. The Kier molecular flexibility index (Phi) is 4.48. The Morgan fingerprint density at radius 2 is 2.19 bits per heavy atom. The van der Waals surface area contributed by atoms with Crippen molar-refractivity contribution in [3.05, 3.63) is 29.3 Å². The van der Waals surface area contributed by atoms with Crippen LogP contribution in [-0.4, -0.2) is 19.0 Å². The van der Waals surface area contributed by atoms with Crippen LogP contribution in [0.25, 0.3) is 0 Å². The smallest absolute Gasteiger partial charge is 0.326 e. The number of nitrogens with one attached hydrogen (secondary N) is 2. The van der Waals surface area contributed by atoms with Crippen LogP contribution in [0, 0.1) is 17.2 Å². The van der Waals surface area contributed by atoms with Crippen molar-refractivity contribution in [3.8, 4) is 6.07 Å². The number of anilines is 1. The Bertz CT molecular complexity index is 572. The number of rotatable bonds is 2. The van der Waals surface area contributed by atoms with Gasteiger partial charge in [-0.15, -0.1) is 0 Å². The molecule has 4 nitrogen and oxygen atoms in total. The zero-order valence-electron chi connectivity index (χ0n) is 11.1. The topological polar surface area (TPSA) is 64.9 Å². The summed E-state index contributed by atoms with van der Waals surface area (Å²) in [7, 11) is 0. The summed E-state index contributed by atoms with van der Waals surface area (Å²) in [6, 6.07) is 4.68. The Balaban J connectivity index is 2.17. The highest BCUT2D eigenvalue weighted by atomic mass is 19.4. The van der Waals surface area contributed by atoms with E-state index in [0.29, 0.717) is 13.0 Å². The van der Waals surface area contributed by atoms with Crippen LogP contribution in [0.15, 0.2) is 18.2 Å². The van der Waals surface area contributed by atoms with Crippen LogP contribution in [0.4, 0.5) is 18.9 Å². The van der Waals surface area contributed by atoms with E-state index < -0.39 is 17.3 Å². The first kappa shape index (κ1) is 15.3. The molecule has 1 aromatic carbocycles. The van der Waals surface area contributed by atoms with Crippen LogP contribution in [0.3, 0.4) is 0 Å². The lowest BCUT2D eigenvalue weighted by Crippen LogP contribution is -2.37. The lowest BCUT2D eigenvalue weighted by molar-refractivity contribution is -0.137. The fourth-order valence-corrected chi connectivity index (χ4v) is 2.27. The standard InChI is InChI=1S/C14H14F3N3O/c15-14(16,17)12-6-11(4-3-9(12)7-18)20-13(21)10-2-1-5-19-8-10/h3-4,6,10,19H,1-2,5,8H2,(H,20,21)/t10-/m0/s1. The largest absolute Gasteiger partial charge is 0.417 e. The van der Waals surface area contributed by atoms with Crippen LogP contribution in [0.5, 0.6) is 0 Å². The fraction of sp³-hybridized carbons (Fsp3) is 0.429. The molecule has 1 aromatic rings. The number of carbonyl (C=O) groups is 1. The minimum atomic E-state index is -4.63. The number of nitriles is 1. The summed E-state index contributed by atoms with van der Waals surface area (Å²) in [4.78, 5) is 12.0. The third-order valence-electron chi connectivity index (χ3n) is 3.38. The van der Waals surface area contributed by atoms with Gasteiger partial charge in [-0.1, -0.05) is 0 Å². The average molecular weight is 297 g/mol. The second kappa shape index (κ2) is 6.14. The molecule has 21 heavy (non-hydrogen) atoms. The first-order chi connectivity index (χ1) is 9.91. The lowest BCUT2D eigenvalue weighted by Gasteiger charge is -2.22. The van der Waals surface area contributed by atoms with Crippen LogP contribution in [0.2, 0.25) is 0 Å². The summed E-state index contributed by atoms with van der Waals surface area (Å²) in [5.41, 5.74) is -1.44. The second-order valence-electron chi connectivity index (χ2n) is 4.90. The SMILES string of the molecule is N#Cc1ccc(NC(=O)[C@H]2CCCNC2)cc1C(F)(F)F. The number of carbonyl (C=O) groups excluding carboxylic acids is 1. The summed E-state index contributed by atoms with van der Waals surface area (Å²) in [5, 5.41) is 14.3. The van der Waals surface area contributed by atoms with Gasteiger partial charge in [0.1, 0.15) is 0 Å². The third-order valence-corrected chi connectivity index (χ3v) is 3.38. The van der Waals surface area contributed by atoms with Crippen molar-refractivity contribution in [3.63, 3.8) is 0 Å². The first-order valence-electron chi connectivity index (χ1n) is 6.54. The first-order valence-corrected chi connectivity index (χ1v) is 6.54. The fourth-order valence-electron chi connectivity index (χ4n) is 2.27. The van der Waals surface area contributed by atoms with Gasteiger partial charge in [0.25, 0.3) is 0 Å². The number of hydrogen-bond acceptors (Lipinski definition) is 3. The molecule has 7 heteroatoms. The van der Waals surface area contributed by atoms with Crippen molar-refractivity contribution in [2.24, 2.45) is 5.92 Å². The Morgan fingerprint density at radius 3 is 2.76 bits per heavy atom. The molecule has 0 spiro atoms. The number of benzene rings is 1. The molecule has 1 aliphatic heterocycles. The zero-order chi connectivity index (χ0) is 15.5. The molecule has 2 rings (SSSR count). The normalized spacial score (nSPS) is 18.9. The van der Waals surface area contributed by atoms with Gasteiger partial charge < -0.3 is 10.6 Å². The van der Waals surface area contributed by atoms with Crippen molar-refractivity contribution in [1.29, 1.82) is 5.26 Å². The van der Waals surface area contributed by atoms with Gasteiger partial charge in [0.05, 0.1) is 23.1 Å². The number of halogens is 3. The van der Waals surface area contributed by atoms with Crippen molar-refractivity contribution in [2.75, 3.05) is 18.4 Å². The number of alkyl halides is 3. The van der Waals surface area contributed by atoms with E-state index in [9.17, 15) is 18.0 Å². The Hall–Kier alpha value is -2.07. The van der Waals surface area contributed by atoms with Crippen LogP contribution in [0.1, 0.15) is 24.0 Å². The van der Waals surface area contributed by atoms with Gasteiger partial charge in [-0.3, -0.25) is 4.79 Å². The van der Waals surface area contributed by atoms with Crippen LogP contribution < -0.4 is 10.6 Å². The minimum absolute atomic E-state index is 0.0527. The molecule has 1 heterocycles. The molecule has 1 amide bonds. The second-order valence-corrected chi connectivity index (χ2v) is 4.90. The van der Waals surface area contributed by atoms with Gasteiger partial charge in [0.15, 0.2) is 0 Å². The molecule has 0 aromatic heterocycles. The molecule has 2 N–H and O–H groups in total. The van der Waals surface area contributed by atoms with Crippen molar-refractivity contribution in [1.82, 2.24) is 5.32 Å². The lowest BCUT2D eigenvalue weighted by atomic mass is 9.98. The average Bonchev–Trinajstić information content (AvgIpc) is 2.47. The van der Waals surface area contributed by atoms with E-state index in [0.717, 1.165) is 25.1 Å². The highest BCUT2D eigenvalue weighted by molar-refractivity contribution is 5.93. The van der Waals surface area contributed by atoms with E-state index in [1.54, 1.807) is 0 Å². The maximum atomic E-state index is 12.8. The van der Waals surface area contributed by atoms with E-state index in [1.165, 1.54) is 12.1 Å². The Morgan fingerprint density at radius 1 is 1.43 bits per heavy atom. The van der Waals surface area contributed by atoms with Gasteiger partial charge in [-0.2, -0.15) is 18.4 Å². The molecule has 0 unspecified atom stereocenters. The molecule has 1 aliphatic rings. The summed E-state index contributed by atoms with van der Waals surface area (Å²) in [5.74, 6) is -0.552. The van der Waals surface area contributed by atoms with Crippen LogP contribution in [-0.2, 0) is 11.0 Å². The predicted octanol–water partition coefficient (Wildman–Crippen LogP) is 2.52. The minimum Gasteiger partial charge on any atom is -0.326 e.